The highest BCUT2D eigenvalue weighted by atomic mass is 32.1. The molecule has 0 aliphatic carbocycles. The quantitative estimate of drug-likeness (QED) is 0.774. The van der Waals surface area contributed by atoms with Crippen molar-refractivity contribution in [1.29, 1.82) is 0 Å². The van der Waals surface area contributed by atoms with Gasteiger partial charge in [-0.05, 0) is 30.3 Å². The van der Waals surface area contributed by atoms with Gasteiger partial charge in [0.1, 0.15) is 5.75 Å². The molecule has 1 N–H and O–H groups in total. The van der Waals surface area contributed by atoms with Gasteiger partial charge < -0.3 is 14.5 Å². The number of nitrogens with zero attached hydrogens (tertiary/aromatic N) is 1. The Morgan fingerprint density at radius 1 is 1.21 bits per heavy atom. The minimum Gasteiger partial charge on any atom is -0.497 e. The third-order valence-corrected chi connectivity index (χ3v) is 3.42. The Labute approximate surface area is 114 Å². The summed E-state index contributed by atoms with van der Waals surface area (Å²) in [6, 6.07) is 9.63. The molecule has 3 aromatic rings. The summed E-state index contributed by atoms with van der Waals surface area (Å²) < 4.78 is 10.2. The first-order valence-corrected chi connectivity index (χ1v) is 6.62. The number of aromatic nitrogens is 1. The predicted molar refractivity (Wildman–Crippen MR) is 76.1 cm³/mol. The lowest BCUT2D eigenvalue weighted by molar-refractivity contribution is 0.415. The van der Waals surface area contributed by atoms with Crippen molar-refractivity contribution < 1.29 is 9.15 Å². The van der Waals surface area contributed by atoms with Crippen LogP contribution in [-0.4, -0.2) is 12.1 Å². The summed E-state index contributed by atoms with van der Waals surface area (Å²) in [7, 11) is 1.65. The Kier molecular flexibility index (Phi) is 3.20. The number of hydrogen-bond acceptors (Lipinski definition) is 5. The van der Waals surface area contributed by atoms with E-state index in [0.717, 1.165) is 27.8 Å². The lowest BCUT2D eigenvalue weighted by Crippen LogP contribution is -1.89. The zero-order chi connectivity index (χ0) is 13.1. The summed E-state index contributed by atoms with van der Waals surface area (Å²) >= 11 is 1.56. The van der Waals surface area contributed by atoms with E-state index in [9.17, 15) is 0 Å². The van der Waals surface area contributed by atoms with Gasteiger partial charge in [0.2, 0.25) is 0 Å². The minimum atomic E-state index is 0.837. The monoisotopic (exact) mass is 272 g/mol. The van der Waals surface area contributed by atoms with Crippen LogP contribution in [0.1, 0.15) is 0 Å². The van der Waals surface area contributed by atoms with Gasteiger partial charge in [0.25, 0.3) is 0 Å². The van der Waals surface area contributed by atoms with E-state index in [4.69, 9.17) is 9.15 Å². The number of rotatable bonds is 4. The highest BCUT2D eigenvalue weighted by molar-refractivity contribution is 7.14. The highest BCUT2D eigenvalue weighted by Gasteiger charge is 2.05. The first-order valence-electron chi connectivity index (χ1n) is 5.74. The number of methoxy groups -OCH3 is 1. The Balaban J connectivity index is 1.76. The van der Waals surface area contributed by atoms with Crippen LogP contribution >= 0.6 is 11.3 Å². The molecule has 5 heteroatoms. The van der Waals surface area contributed by atoms with Crippen LogP contribution in [0.25, 0.3) is 11.3 Å². The maximum Gasteiger partial charge on any atom is 0.187 e. The van der Waals surface area contributed by atoms with Gasteiger partial charge in [-0.15, -0.1) is 11.3 Å². The second kappa shape index (κ2) is 5.16. The topological polar surface area (TPSA) is 47.3 Å². The summed E-state index contributed by atoms with van der Waals surface area (Å²) in [4.78, 5) is 4.51. The second-order valence-corrected chi connectivity index (χ2v) is 4.76. The Hall–Kier alpha value is -2.27. The number of nitrogens with one attached hydrogen (secondary N) is 1. The number of benzene rings is 1. The number of anilines is 2. The molecule has 0 unspecified atom stereocenters. The van der Waals surface area contributed by atoms with Crippen molar-refractivity contribution in [3.8, 4) is 17.0 Å². The fourth-order valence-corrected chi connectivity index (χ4v) is 2.41. The van der Waals surface area contributed by atoms with E-state index in [2.05, 4.69) is 10.3 Å². The number of hydrogen-bond donors (Lipinski definition) is 1. The maximum absolute atomic E-state index is 5.12. The van der Waals surface area contributed by atoms with Crippen LogP contribution in [0.5, 0.6) is 5.75 Å². The van der Waals surface area contributed by atoms with Crippen molar-refractivity contribution in [3.63, 3.8) is 0 Å². The van der Waals surface area contributed by atoms with Crippen molar-refractivity contribution in [2.75, 3.05) is 12.4 Å². The van der Waals surface area contributed by atoms with Crippen LogP contribution in [0.3, 0.4) is 0 Å². The van der Waals surface area contributed by atoms with Crippen LogP contribution in [0.2, 0.25) is 0 Å². The van der Waals surface area contributed by atoms with Gasteiger partial charge in [-0.2, -0.15) is 0 Å². The fraction of sp³-hybridized carbons (Fsp3) is 0.0714. The molecule has 0 spiro atoms. The molecule has 0 radical (unpaired) electrons. The molecule has 4 nitrogen and oxygen atoms in total. The Bertz CT molecular complexity index is 644. The van der Waals surface area contributed by atoms with E-state index >= 15 is 0 Å². The van der Waals surface area contributed by atoms with E-state index in [-0.39, 0.29) is 0 Å². The molecule has 0 aliphatic heterocycles. The first kappa shape index (κ1) is 11.8. The Morgan fingerprint density at radius 2 is 2.05 bits per heavy atom. The lowest BCUT2D eigenvalue weighted by Gasteiger charge is -2.03. The normalized spacial score (nSPS) is 10.4. The number of ether oxygens (including phenoxy) is 1. The van der Waals surface area contributed by atoms with Gasteiger partial charge in [-0.3, -0.25) is 0 Å². The summed E-state index contributed by atoms with van der Waals surface area (Å²) in [5, 5.41) is 6.10. The maximum atomic E-state index is 5.12. The molecular weight excluding hydrogens is 260 g/mol. The standard InChI is InChI=1S/C14H12N2O2S/c1-17-12-4-2-11(3-5-12)15-14-16-13(9-19-14)10-6-7-18-8-10/h2-9H,1H3,(H,15,16). The van der Waals surface area contributed by atoms with Crippen molar-refractivity contribution in [2.45, 2.75) is 0 Å². The Morgan fingerprint density at radius 3 is 2.74 bits per heavy atom. The van der Waals surface area contributed by atoms with Gasteiger partial charge >= 0.3 is 0 Å². The minimum absolute atomic E-state index is 0.837. The van der Waals surface area contributed by atoms with E-state index in [1.54, 1.807) is 31.0 Å². The molecule has 0 aliphatic rings. The van der Waals surface area contributed by atoms with Crippen LogP contribution in [-0.2, 0) is 0 Å². The molecule has 0 amide bonds. The summed E-state index contributed by atoms with van der Waals surface area (Å²) in [6.07, 6.45) is 3.33. The van der Waals surface area contributed by atoms with Crippen molar-refractivity contribution in [3.05, 3.63) is 48.2 Å². The van der Waals surface area contributed by atoms with Gasteiger partial charge in [0.15, 0.2) is 5.13 Å². The highest BCUT2D eigenvalue weighted by Crippen LogP contribution is 2.27. The van der Waals surface area contributed by atoms with Gasteiger partial charge in [0, 0.05) is 16.6 Å². The van der Waals surface area contributed by atoms with Crippen LogP contribution in [0.15, 0.2) is 52.7 Å². The predicted octanol–water partition coefficient (Wildman–Crippen LogP) is 4.16. The largest absolute Gasteiger partial charge is 0.497 e. The third kappa shape index (κ3) is 2.61. The molecule has 0 fully saturated rings. The SMILES string of the molecule is COc1ccc(Nc2nc(-c3ccoc3)cs2)cc1. The van der Waals surface area contributed by atoms with Gasteiger partial charge in [-0.25, -0.2) is 4.98 Å². The van der Waals surface area contributed by atoms with E-state index < -0.39 is 0 Å². The van der Waals surface area contributed by atoms with Gasteiger partial charge in [-0.1, -0.05) is 0 Å². The molecule has 2 heterocycles. The number of thiazole rings is 1. The van der Waals surface area contributed by atoms with E-state index in [1.165, 1.54) is 0 Å². The molecule has 0 saturated carbocycles. The smallest absolute Gasteiger partial charge is 0.187 e. The van der Waals surface area contributed by atoms with Crippen molar-refractivity contribution in [1.82, 2.24) is 4.98 Å². The zero-order valence-electron chi connectivity index (χ0n) is 10.3. The van der Waals surface area contributed by atoms with Gasteiger partial charge in [0.05, 0.1) is 25.3 Å². The molecule has 3 rings (SSSR count). The molecule has 0 saturated heterocycles. The molecule has 19 heavy (non-hydrogen) atoms. The average Bonchev–Trinajstić information content (AvgIpc) is 3.10. The summed E-state index contributed by atoms with van der Waals surface area (Å²) in [6.45, 7) is 0. The van der Waals surface area contributed by atoms with Crippen LogP contribution in [0, 0.1) is 0 Å². The molecule has 0 bridgehead atoms. The van der Waals surface area contributed by atoms with E-state index in [1.807, 2.05) is 35.7 Å². The average molecular weight is 272 g/mol. The first-order chi connectivity index (χ1) is 9.35. The molecule has 0 atom stereocenters. The number of furan rings is 1. The lowest BCUT2D eigenvalue weighted by atomic mass is 10.3. The fourth-order valence-electron chi connectivity index (χ4n) is 1.67. The second-order valence-electron chi connectivity index (χ2n) is 3.90. The molecular formula is C14H12N2O2S. The van der Waals surface area contributed by atoms with E-state index in [0.29, 0.717) is 0 Å². The molecule has 1 aromatic carbocycles. The van der Waals surface area contributed by atoms with Crippen molar-refractivity contribution in [2.24, 2.45) is 0 Å². The molecule has 2 aromatic heterocycles. The van der Waals surface area contributed by atoms with Crippen LogP contribution < -0.4 is 10.1 Å². The van der Waals surface area contributed by atoms with Crippen LogP contribution in [0.4, 0.5) is 10.8 Å². The summed E-state index contributed by atoms with van der Waals surface area (Å²) in [5.41, 5.74) is 2.88. The zero-order valence-corrected chi connectivity index (χ0v) is 11.1. The molecule has 96 valence electrons. The van der Waals surface area contributed by atoms with Crippen molar-refractivity contribution >= 4 is 22.2 Å². The third-order valence-electron chi connectivity index (χ3n) is 2.66. The summed E-state index contributed by atoms with van der Waals surface area (Å²) in [5.74, 6) is 0.837.